The second kappa shape index (κ2) is 4.40. The van der Waals surface area contributed by atoms with Crippen LogP contribution >= 0.6 is 47.8 Å². The molecule has 0 aromatic heterocycles. The van der Waals surface area contributed by atoms with Gasteiger partial charge in [-0.1, -0.05) is 15.9 Å². The number of hydrogen-bond acceptors (Lipinski definition) is 1. The fourth-order valence-corrected chi connectivity index (χ4v) is 2.51. The summed E-state index contributed by atoms with van der Waals surface area (Å²) >= 11 is 10.1. The molecular weight excluding hydrogens is 350 g/mol. The Kier molecular flexibility index (Phi) is 3.76. The summed E-state index contributed by atoms with van der Waals surface area (Å²) in [4.78, 5) is 0. The van der Waals surface area contributed by atoms with Crippen LogP contribution in [0.4, 0.5) is 0 Å². The van der Waals surface area contributed by atoms with Gasteiger partial charge in [-0.2, -0.15) is 5.26 Å². The van der Waals surface area contributed by atoms with Crippen LogP contribution < -0.4 is 0 Å². The van der Waals surface area contributed by atoms with Gasteiger partial charge in [0.15, 0.2) is 0 Å². The zero-order valence-electron chi connectivity index (χ0n) is 5.94. The molecule has 0 atom stereocenters. The van der Waals surface area contributed by atoms with Crippen LogP contribution in [0.15, 0.2) is 25.6 Å². The van der Waals surface area contributed by atoms with E-state index in [2.05, 4.69) is 53.9 Å². The average Bonchev–Trinajstić information content (AvgIpc) is 2.00. The van der Waals surface area contributed by atoms with E-state index >= 15 is 0 Å². The number of nitriles is 1. The first kappa shape index (κ1) is 10.2. The Morgan fingerprint density at radius 3 is 2.50 bits per heavy atom. The Morgan fingerprint density at radius 1 is 1.25 bits per heavy atom. The Labute approximate surface area is 96.2 Å². The molecule has 0 aliphatic heterocycles. The molecule has 1 aromatic rings. The van der Waals surface area contributed by atoms with Gasteiger partial charge in [-0.3, -0.25) is 0 Å². The van der Waals surface area contributed by atoms with Gasteiger partial charge in [0.25, 0.3) is 0 Å². The topological polar surface area (TPSA) is 23.8 Å². The van der Waals surface area contributed by atoms with Crippen LogP contribution in [0.2, 0.25) is 0 Å². The molecule has 1 nitrogen and oxygen atoms in total. The Bertz CT molecular complexity index is 341. The lowest BCUT2D eigenvalue weighted by Gasteiger charge is -2.02. The summed E-state index contributed by atoms with van der Waals surface area (Å²) in [5.74, 6) is 0. The molecule has 4 heteroatoms. The van der Waals surface area contributed by atoms with Gasteiger partial charge >= 0.3 is 0 Å². The molecule has 0 saturated heterocycles. The van der Waals surface area contributed by atoms with Crippen LogP contribution in [0.25, 0.3) is 0 Å². The first-order valence-electron chi connectivity index (χ1n) is 3.15. The summed E-state index contributed by atoms with van der Waals surface area (Å²) in [5, 5.41) is 8.52. The molecule has 12 heavy (non-hydrogen) atoms. The van der Waals surface area contributed by atoms with E-state index in [1.807, 2.05) is 12.1 Å². The van der Waals surface area contributed by atoms with Crippen LogP contribution in [-0.2, 0) is 6.42 Å². The molecular formula is C8H4Br3N. The maximum atomic E-state index is 8.52. The lowest BCUT2D eigenvalue weighted by atomic mass is 10.2. The van der Waals surface area contributed by atoms with E-state index in [-0.39, 0.29) is 0 Å². The highest BCUT2D eigenvalue weighted by Crippen LogP contribution is 2.30. The lowest BCUT2D eigenvalue weighted by molar-refractivity contribution is 1.23. The molecule has 62 valence electrons. The van der Waals surface area contributed by atoms with Crippen LogP contribution in [0.5, 0.6) is 0 Å². The predicted octanol–water partition coefficient (Wildman–Crippen LogP) is 4.04. The summed E-state index contributed by atoms with van der Waals surface area (Å²) in [6.07, 6.45) is 0.415. The Hall–Kier alpha value is 0.150. The van der Waals surface area contributed by atoms with Crippen LogP contribution in [-0.4, -0.2) is 0 Å². The van der Waals surface area contributed by atoms with E-state index in [0.717, 1.165) is 19.0 Å². The van der Waals surface area contributed by atoms with Crippen molar-refractivity contribution in [2.45, 2.75) is 6.42 Å². The highest BCUT2D eigenvalue weighted by atomic mass is 79.9. The van der Waals surface area contributed by atoms with Crippen molar-refractivity contribution in [1.82, 2.24) is 0 Å². The number of nitrogens with zero attached hydrogens (tertiary/aromatic N) is 1. The normalized spacial score (nSPS) is 9.50. The van der Waals surface area contributed by atoms with Gasteiger partial charge in [-0.15, -0.1) is 0 Å². The van der Waals surface area contributed by atoms with Gasteiger partial charge in [0.2, 0.25) is 0 Å². The van der Waals surface area contributed by atoms with E-state index in [1.165, 1.54) is 0 Å². The minimum Gasteiger partial charge on any atom is -0.198 e. The maximum Gasteiger partial charge on any atom is 0.0670 e. The first-order chi connectivity index (χ1) is 5.65. The largest absolute Gasteiger partial charge is 0.198 e. The fourth-order valence-electron chi connectivity index (χ4n) is 0.823. The second-order valence-corrected chi connectivity index (χ2v) is 4.76. The first-order valence-corrected chi connectivity index (χ1v) is 5.53. The standard InChI is InChI=1S/C8H4Br3N/c9-6-3-5(1-2-12)8(11)7(10)4-6/h3-4H,1H2. The van der Waals surface area contributed by atoms with Gasteiger partial charge in [0, 0.05) is 13.4 Å². The monoisotopic (exact) mass is 351 g/mol. The summed E-state index contributed by atoms with van der Waals surface area (Å²) in [7, 11) is 0. The summed E-state index contributed by atoms with van der Waals surface area (Å²) in [5.41, 5.74) is 0.985. The minimum absolute atomic E-state index is 0.415. The third kappa shape index (κ3) is 2.32. The Balaban J connectivity index is 3.20. The number of halogens is 3. The maximum absolute atomic E-state index is 8.52. The van der Waals surface area contributed by atoms with Crippen molar-refractivity contribution >= 4 is 47.8 Å². The van der Waals surface area contributed by atoms with E-state index in [9.17, 15) is 0 Å². The van der Waals surface area contributed by atoms with Crippen molar-refractivity contribution in [3.8, 4) is 6.07 Å². The van der Waals surface area contributed by atoms with Gasteiger partial charge < -0.3 is 0 Å². The fraction of sp³-hybridized carbons (Fsp3) is 0.125. The van der Waals surface area contributed by atoms with E-state index in [1.54, 1.807) is 0 Å². The third-order valence-corrected chi connectivity index (χ3v) is 3.89. The molecule has 0 bridgehead atoms. The highest BCUT2D eigenvalue weighted by Gasteiger charge is 2.04. The Morgan fingerprint density at radius 2 is 1.92 bits per heavy atom. The van der Waals surface area contributed by atoms with Crippen molar-refractivity contribution in [3.63, 3.8) is 0 Å². The van der Waals surface area contributed by atoms with Gasteiger partial charge in [-0.05, 0) is 49.6 Å². The zero-order valence-corrected chi connectivity index (χ0v) is 10.7. The number of benzene rings is 1. The third-order valence-electron chi connectivity index (χ3n) is 1.34. The SMILES string of the molecule is N#CCc1cc(Br)cc(Br)c1Br. The van der Waals surface area contributed by atoms with Crippen molar-refractivity contribution in [2.75, 3.05) is 0 Å². The highest BCUT2D eigenvalue weighted by molar-refractivity contribution is 9.13. The predicted molar refractivity (Wildman–Crippen MR) is 58.9 cm³/mol. The second-order valence-electron chi connectivity index (χ2n) is 2.20. The zero-order chi connectivity index (χ0) is 9.14. The van der Waals surface area contributed by atoms with Gasteiger partial charge in [0.05, 0.1) is 12.5 Å². The van der Waals surface area contributed by atoms with E-state index in [0.29, 0.717) is 6.42 Å². The molecule has 0 fully saturated rings. The van der Waals surface area contributed by atoms with Crippen molar-refractivity contribution in [2.24, 2.45) is 0 Å². The van der Waals surface area contributed by atoms with Crippen LogP contribution in [0, 0.1) is 11.3 Å². The molecule has 0 unspecified atom stereocenters. The summed E-state index contributed by atoms with van der Waals surface area (Å²) < 4.78 is 2.89. The van der Waals surface area contributed by atoms with E-state index < -0.39 is 0 Å². The molecule has 0 heterocycles. The lowest BCUT2D eigenvalue weighted by Crippen LogP contribution is -1.85. The van der Waals surface area contributed by atoms with Crippen LogP contribution in [0.1, 0.15) is 5.56 Å². The average molecular weight is 354 g/mol. The molecule has 0 N–H and O–H groups in total. The molecule has 0 radical (unpaired) electrons. The molecule has 0 amide bonds. The van der Waals surface area contributed by atoms with Crippen LogP contribution in [0.3, 0.4) is 0 Å². The minimum atomic E-state index is 0.415. The molecule has 1 rings (SSSR count). The van der Waals surface area contributed by atoms with Crippen molar-refractivity contribution < 1.29 is 0 Å². The number of hydrogen-bond donors (Lipinski definition) is 0. The molecule has 0 spiro atoms. The molecule has 1 aromatic carbocycles. The molecule has 0 aliphatic rings. The smallest absolute Gasteiger partial charge is 0.0670 e. The summed E-state index contributed by atoms with van der Waals surface area (Å²) in [6, 6.07) is 5.97. The summed E-state index contributed by atoms with van der Waals surface area (Å²) in [6.45, 7) is 0. The van der Waals surface area contributed by atoms with Crippen molar-refractivity contribution in [3.05, 3.63) is 31.1 Å². The van der Waals surface area contributed by atoms with Gasteiger partial charge in [-0.25, -0.2) is 0 Å². The number of rotatable bonds is 1. The quantitative estimate of drug-likeness (QED) is 0.699. The van der Waals surface area contributed by atoms with E-state index in [4.69, 9.17) is 5.26 Å². The van der Waals surface area contributed by atoms with Gasteiger partial charge in [0.1, 0.15) is 0 Å². The molecule has 0 saturated carbocycles. The van der Waals surface area contributed by atoms with Crippen molar-refractivity contribution in [1.29, 1.82) is 5.26 Å². The molecule has 0 aliphatic carbocycles.